The van der Waals surface area contributed by atoms with Crippen molar-refractivity contribution in [2.45, 2.75) is 19.4 Å². The van der Waals surface area contributed by atoms with Crippen molar-refractivity contribution in [3.8, 4) is 0 Å². The molecule has 0 bridgehead atoms. The van der Waals surface area contributed by atoms with Crippen LogP contribution in [0.15, 0.2) is 53.1 Å². The third-order valence-corrected chi connectivity index (χ3v) is 3.26. The number of nitrogens with zero attached hydrogens (tertiary/aromatic N) is 1. The van der Waals surface area contributed by atoms with Crippen LogP contribution >= 0.6 is 0 Å². The molecule has 96 valence electrons. The van der Waals surface area contributed by atoms with Gasteiger partial charge in [0.2, 0.25) is 0 Å². The van der Waals surface area contributed by atoms with Crippen molar-refractivity contribution >= 4 is 10.9 Å². The molecule has 19 heavy (non-hydrogen) atoms. The summed E-state index contributed by atoms with van der Waals surface area (Å²) in [6.07, 6.45) is 1.41. The third kappa shape index (κ3) is 2.37. The van der Waals surface area contributed by atoms with Crippen molar-refractivity contribution in [3.05, 3.63) is 65.7 Å². The van der Waals surface area contributed by atoms with Crippen LogP contribution in [0.4, 0.5) is 0 Å². The average Bonchev–Trinajstić information content (AvgIpc) is 2.85. The van der Waals surface area contributed by atoms with Gasteiger partial charge in [-0.15, -0.1) is 0 Å². The predicted octanol–water partition coefficient (Wildman–Crippen LogP) is 3.41. The van der Waals surface area contributed by atoms with Crippen LogP contribution in [-0.4, -0.2) is 10.1 Å². The maximum Gasteiger partial charge on any atom is 0.135 e. The fourth-order valence-corrected chi connectivity index (χ4v) is 2.24. The number of rotatable bonds is 3. The number of hydrogen-bond donors (Lipinski definition) is 1. The molecule has 1 atom stereocenters. The van der Waals surface area contributed by atoms with Crippen LogP contribution in [0.3, 0.4) is 0 Å². The molecule has 0 radical (unpaired) electrons. The molecule has 1 N–H and O–H groups in total. The van der Waals surface area contributed by atoms with Gasteiger partial charge in [-0.3, -0.25) is 4.98 Å². The Morgan fingerprint density at radius 2 is 2.00 bits per heavy atom. The minimum atomic E-state index is -0.649. The normalized spacial score (nSPS) is 12.7. The summed E-state index contributed by atoms with van der Waals surface area (Å²) in [6, 6.07) is 13.8. The van der Waals surface area contributed by atoms with Gasteiger partial charge in [-0.1, -0.05) is 24.3 Å². The first-order valence-electron chi connectivity index (χ1n) is 6.31. The Bertz CT molecular complexity index is 703. The Morgan fingerprint density at radius 1 is 1.16 bits per heavy atom. The standard InChI is InChI=1S/C16H15NO2/c1-11-8-9-19-16(11)15(18)10-13-7-6-12-4-2-3-5-14(12)17-13/h2-9,15,18H,10H2,1H3. The minimum absolute atomic E-state index is 0.458. The molecule has 0 aliphatic carbocycles. The van der Waals surface area contributed by atoms with Gasteiger partial charge < -0.3 is 9.52 Å². The highest BCUT2D eigenvalue weighted by Gasteiger charge is 2.15. The number of aliphatic hydroxyl groups excluding tert-OH is 1. The van der Waals surface area contributed by atoms with Gasteiger partial charge in [0.1, 0.15) is 11.9 Å². The van der Waals surface area contributed by atoms with Gasteiger partial charge in [0.05, 0.1) is 11.8 Å². The number of aliphatic hydroxyl groups is 1. The Morgan fingerprint density at radius 3 is 2.79 bits per heavy atom. The molecule has 0 amide bonds. The first-order valence-corrected chi connectivity index (χ1v) is 6.31. The van der Waals surface area contributed by atoms with E-state index in [9.17, 15) is 5.11 Å². The molecule has 1 aromatic carbocycles. The lowest BCUT2D eigenvalue weighted by Gasteiger charge is -2.09. The molecule has 0 aliphatic heterocycles. The number of aryl methyl sites for hydroxylation is 1. The van der Waals surface area contributed by atoms with E-state index in [0.29, 0.717) is 12.2 Å². The molecule has 2 aromatic heterocycles. The Labute approximate surface area is 111 Å². The van der Waals surface area contributed by atoms with Crippen molar-refractivity contribution in [1.29, 1.82) is 0 Å². The first-order chi connectivity index (χ1) is 9.24. The first kappa shape index (κ1) is 11.9. The van der Waals surface area contributed by atoms with E-state index >= 15 is 0 Å². The second-order valence-corrected chi connectivity index (χ2v) is 4.68. The van der Waals surface area contributed by atoms with Gasteiger partial charge in [-0.05, 0) is 30.7 Å². The van der Waals surface area contributed by atoms with Crippen LogP contribution in [0.5, 0.6) is 0 Å². The molecule has 3 nitrogen and oxygen atoms in total. The summed E-state index contributed by atoms with van der Waals surface area (Å²) in [5.74, 6) is 0.620. The van der Waals surface area contributed by atoms with Crippen LogP contribution in [0, 0.1) is 6.92 Å². The highest BCUT2D eigenvalue weighted by molar-refractivity contribution is 5.78. The van der Waals surface area contributed by atoms with Crippen molar-refractivity contribution in [1.82, 2.24) is 4.98 Å². The quantitative estimate of drug-likeness (QED) is 0.778. The summed E-state index contributed by atoms with van der Waals surface area (Å²) in [5, 5.41) is 11.3. The average molecular weight is 253 g/mol. The third-order valence-electron chi connectivity index (χ3n) is 3.26. The lowest BCUT2D eigenvalue weighted by molar-refractivity contribution is 0.148. The molecule has 3 aromatic rings. The fraction of sp³-hybridized carbons (Fsp3) is 0.188. The van der Waals surface area contributed by atoms with E-state index in [1.165, 1.54) is 0 Å². The zero-order valence-electron chi connectivity index (χ0n) is 10.7. The Hall–Kier alpha value is -2.13. The number of para-hydroxylation sites is 1. The molecule has 3 heteroatoms. The molecule has 0 fully saturated rings. The lowest BCUT2D eigenvalue weighted by atomic mass is 10.1. The maximum atomic E-state index is 10.2. The van der Waals surface area contributed by atoms with Crippen molar-refractivity contribution < 1.29 is 9.52 Å². The lowest BCUT2D eigenvalue weighted by Crippen LogP contribution is -2.03. The van der Waals surface area contributed by atoms with Crippen molar-refractivity contribution in [3.63, 3.8) is 0 Å². The van der Waals surface area contributed by atoms with E-state index in [-0.39, 0.29) is 0 Å². The zero-order chi connectivity index (χ0) is 13.2. The summed E-state index contributed by atoms with van der Waals surface area (Å²) in [5.41, 5.74) is 2.78. The minimum Gasteiger partial charge on any atom is -0.466 e. The van der Waals surface area contributed by atoms with Crippen LogP contribution in [0.1, 0.15) is 23.1 Å². The summed E-state index contributed by atoms with van der Waals surface area (Å²) < 4.78 is 5.31. The second kappa shape index (κ2) is 4.86. The van der Waals surface area contributed by atoms with E-state index in [1.807, 2.05) is 49.4 Å². The SMILES string of the molecule is Cc1ccoc1C(O)Cc1ccc2ccccc2n1. The van der Waals surface area contributed by atoms with Gasteiger partial charge >= 0.3 is 0 Å². The summed E-state index contributed by atoms with van der Waals surface area (Å²) in [6.45, 7) is 1.93. The van der Waals surface area contributed by atoms with Gasteiger partial charge in [-0.2, -0.15) is 0 Å². The summed E-state index contributed by atoms with van der Waals surface area (Å²) in [4.78, 5) is 4.55. The van der Waals surface area contributed by atoms with Crippen LogP contribution in [0.2, 0.25) is 0 Å². The number of aromatic nitrogens is 1. The number of benzene rings is 1. The van der Waals surface area contributed by atoms with E-state index in [1.54, 1.807) is 6.26 Å². The molecule has 2 heterocycles. The number of pyridine rings is 1. The van der Waals surface area contributed by atoms with Crippen LogP contribution in [0.25, 0.3) is 10.9 Å². The molecule has 0 spiro atoms. The molecular formula is C16H15NO2. The monoisotopic (exact) mass is 253 g/mol. The van der Waals surface area contributed by atoms with Crippen LogP contribution < -0.4 is 0 Å². The van der Waals surface area contributed by atoms with E-state index < -0.39 is 6.10 Å². The zero-order valence-corrected chi connectivity index (χ0v) is 10.7. The molecular weight excluding hydrogens is 238 g/mol. The van der Waals surface area contributed by atoms with E-state index in [0.717, 1.165) is 22.2 Å². The molecule has 0 saturated carbocycles. The van der Waals surface area contributed by atoms with Crippen molar-refractivity contribution in [2.75, 3.05) is 0 Å². The number of hydrogen-bond acceptors (Lipinski definition) is 3. The second-order valence-electron chi connectivity index (χ2n) is 4.68. The van der Waals surface area contributed by atoms with Crippen molar-refractivity contribution in [2.24, 2.45) is 0 Å². The van der Waals surface area contributed by atoms with Gasteiger partial charge in [0, 0.05) is 17.5 Å². The summed E-state index contributed by atoms with van der Waals surface area (Å²) in [7, 11) is 0. The number of furan rings is 1. The molecule has 0 aliphatic rings. The molecule has 1 unspecified atom stereocenters. The van der Waals surface area contributed by atoms with E-state index in [4.69, 9.17) is 4.42 Å². The van der Waals surface area contributed by atoms with Gasteiger partial charge in [0.25, 0.3) is 0 Å². The highest BCUT2D eigenvalue weighted by atomic mass is 16.4. The largest absolute Gasteiger partial charge is 0.466 e. The Kier molecular flexibility index (Phi) is 3.05. The topological polar surface area (TPSA) is 46.3 Å². The Balaban J connectivity index is 1.87. The molecule has 0 saturated heterocycles. The van der Waals surface area contributed by atoms with Gasteiger partial charge in [0.15, 0.2) is 0 Å². The van der Waals surface area contributed by atoms with E-state index in [2.05, 4.69) is 4.98 Å². The maximum absolute atomic E-state index is 10.2. The summed E-state index contributed by atoms with van der Waals surface area (Å²) >= 11 is 0. The van der Waals surface area contributed by atoms with Crippen LogP contribution in [-0.2, 0) is 6.42 Å². The van der Waals surface area contributed by atoms with Gasteiger partial charge in [-0.25, -0.2) is 0 Å². The smallest absolute Gasteiger partial charge is 0.135 e. The fourth-order valence-electron chi connectivity index (χ4n) is 2.24. The highest BCUT2D eigenvalue weighted by Crippen LogP contribution is 2.22. The predicted molar refractivity (Wildman–Crippen MR) is 73.9 cm³/mol. The number of fused-ring (bicyclic) bond motifs is 1. The molecule has 3 rings (SSSR count).